The van der Waals surface area contributed by atoms with Gasteiger partial charge in [0.25, 0.3) is 6.43 Å². The Morgan fingerprint density at radius 2 is 2.27 bits per heavy atom. The molecule has 0 aromatic carbocycles. The van der Waals surface area contributed by atoms with E-state index in [1.807, 2.05) is 0 Å². The molecule has 3 nitrogen and oxygen atoms in total. The summed E-state index contributed by atoms with van der Waals surface area (Å²) >= 11 is 0. The lowest BCUT2D eigenvalue weighted by molar-refractivity contribution is -0.130. The molecule has 5 heteroatoms. The van der Waals surface area contributed by atoms with Gasteiger partial charge in [0.15, 0.2) is 5.54 Å². The zero-order valence-electron chi connectivity index (χ0n) is 5.94. The number of hydrogen-bond donors (Lipinski definition) is 2. The van der Waals surface area contributed by atoms with Gasteiger partial charge in [0.1, 0.15) is 0 Å². The summed E-state index contributed by atoms with van der Waals surface area (Å²) in [5, 5.41) is 2.44. The third kappa shape index (κ3) is 1.20. The van der Waals surface area contributed by atoms with E-state index in [2.05, 4.69) is 5.32 Å². The van der Waals surface area contributed by atoms with Gasteiger partial charge in [0.05, 0.1) is 0 Å². The second-order valence-corrected chi connectivity index (χ2v) is 2.67. The average molecular weight is 164 g/mol. The van der Waals surface area contributed by atoms with Crippen LogP contribution in [-0.2, 0) is 4.79 Å². The molecule has 1 amide bonds. The lowest BCUT2D eigenvalue weighted by atomic mass is 9.98. The van der Waals surface area contributed by atoms with E-state index in [0.29, 0.717) is 13.0 Å². The predicted octanol–water partition coefficient (Wildman–Crippen LogP) is -0.141. The molecule has 1 rings (SSSR count). The highest BCUT2D eigenvalue weighted by Crippen LogP contribution is 2.25. The lowest BCUT2D eigenvalue weighted by Gasteiger charge is -2.23. The van der Waals surface area contributed by atoms with E-state index in [1.54, 1.807) is 0 Å². The standard InChI is InChI=1S/C6H10F2N2O/c7-4(8)6(5(9)11)2-1-3-10-6/h4,10H,1-3H2,(H2,9,11)/t6-/m1/s1. The molecule has 0 bridgehead atoms. The molecule has 1 aliphatic rings. The van der Waals surface area contributed by atoms with E-state index in [4.69, 9.17) is 5.73 Å². The summed E-state index contributed by atoms with van der Waals surface area (Å²) < 4.78 is 24.6. The topological polar surface area (TPSA) is 55.1 Å². The van der Waals surface area contributed by atoms with Crippen LogP contribution in [0.2, 0.25) is 0 Å². The summed E-state index contributed by atoms with van der Waals surface area (Å²) in [6, 6.07) is 0. The number of carbonyl (C=O) groups is 1. The maximum Gasteiger partial charge on any atom is 0.265 e. The van der Waals surface area contributed by atoms with Gasteiger partial charge in [-0.1, -0.05) is 0 Å². The van der Waals surface area contributed by atoms with E-state index in [9.17, 15) is 13.6 Å². The van der Waals surface area contributed by atoms with Gasteiger partial charge in [-0.3, -0.25) is 10.1 Å². The van der Waals surface area contributed by atoms with Gasteiger partial charge in [-0.15, -0.1) is 0 Å². The van der Waals surface area contributed by atoms with E-state index >= 15 is 0 Å². The normalized spacial score (nSPS) is 31.2. The van der Waals surface area contributed by atoms with Crippen molar-refractivity contribution in [3.05, 3.63) is 0 Å². The lowest BCUT2D eigenvalue weighted by Crippen LogP contribution is -2.56. The number of nitrogens with one attached hydrogen (secondary N) is 1. The fourth-order valence-electron chi connectivity index (χ4n) is 1.27. The monoisotopic (exact) mass is 164 g/mol. The van der Waals surface area contributed by atoms with Crippen molar-refractivity contribution in [2.45, 2.75) is 24.8 Å². The Morgan fingerprint density at radius 3 is 2.45 bits per heavy atom. The fourth-order valence-corrected chi connectivity index (χ4v) is 1.27. The van der Waals surface area contributed by atoms with Crippen LogP contribution in [0.15, 0.2) is 0 Å². The molecular weight excluding hydrogens is 154 g/mol. The molecule has 0 aliphatic carbocycles. The molecule has 1 heterocycles. The van der Waals surface area contributed by atoms with Crippen LogP contribution >= 0.6 is 0 Å². The van der Waals surface area contributed by atoms with Crippen molar-refractivity contribution >= 4 is 5.91 Å². The van der Waals surface area contributed by atoms with Crippen LogP contribution < -0.4 is 11.1 Å². The van der Waals surface area contributed by atoms with E-state index < -0.39 is 17.9 Å². The minimum absolute atomic E-state index is 0.139. The second-order valence-electron chi connectivity index (χ2n) is 2.67. The zero-order chi connectivity index (χ0) is 8.48. The van der Waals surface area contributed by atoms with Crippen molar-refractivity contribution in [3.8, 4) is 0 Å². The molecule has 0 aromatic heterocycles. The molecule has 1 aliphatic heterocycles. The Morgan fingerprint density at radius 1 is 1.64 bits per heavy atom. The van der Waals surface area contributed by atoms with E-state index in [1.165, 1.54) is 0 Å². The molecule has 1 atom stereocenters. The Labute approximate surface area is 62.9 Å². The Balaban J connectivity index is 2.79. The third-order valence-corrected chi connectivity index (χ3v) is 2.00. The average Bonchev–Trinajstić information content (AvgIpc) is 2.34. The molecule has 1 fully saturated rings. The van der Waals surface area contributed by atoms with E-state index in [-0.39, 0.29) is 6.42 Å². The summed E-state index contributed by atoms with van der Waals surface area (Å²) in [5.74, 6) is -0.954. The smallest absolute Gasteiger partial charge is 0.265 e. The summed E-state index contributed by atoms with van der Waals surface area (Å²) in [6.07, 6.45) is -1.99. The van der Waals surface area contributed by atoms with Gasteiger partial charge < -0.3 is 5.73 Å². The first-order valence-corrected chi connectivity index (χ1v) is 3.43. The molecule has 11 heavy (non-hydrogen) atoms. The summed E-state index contributed by atoms with van der Waals surface area (Å²) in [6.45, 7) is 0.438. The van der Waals surface area contributed by atoms with Crippen molar-refractivity contribution in [1.82, 2.24) is 5.32 Å². The quantitative estimate of drug-likeness (QED) is 0.596. The summed E-state index contributed by atoms with van der Waals surface area (Å²) in [7, 11) is 0. The van der Waals surface area contributed by atoms with Crippen LogP contribution in [0.5, 0.6) is 0 Å². The highest BCUT2D eigenvalue weighted by Gasteiger charge is 2.47. The van der Waals surface area contributed by atoms with Gasteiger partial charge in [0.2, 0.25) is 5.91 Å². The van der Waals surface area contributed by atoms with Gasteiger partial charge in [-0.25, -0.2) is 8.78 Å². The van der Waals surface area contributed by atoms with E-state index in [0.717, 1.165) is 0 Å². The highest BCUT2D eigenvalue weighted by molar-refractivity contribution is 5.85. The first-order valence-electron chi connectivity index (χ1n) is 3.43. The highest BCUT2D eigenvalue weighted by atomic mass is 19.3. The Bertz CT molecular complexity index is 166. The minimum atomic E-state index is -2.71. The number of hydrogen-bond acceptors (Lipinski definition) is 2. The molecule has 3 N–H and O–H groups in total. The number of rotatable bonds is 2. The van der Waals surface area contributed by atoms with Crippen LogP contribution in [0.4, 0.5) is 8.78 Å². The maximum absolute atomic E-state index is 12.3. The molecule has 0 aromatic rings. The molecular formula is C6H10F2N2O. The first kappa shape index (κ1) is 8.39. The van der Waals surface area contributed by atoms with Crippen molar-refractivity contribution in [2.75, 3.05) is 6.54 Å². The van der Waals surface area contributed by atoms with Gasteiger partial charge >= 0.3 is 0 Å². The molecule has 0 spiro atoms. The SMILES string of the molecule is NC(=O)[C@]1(C(F)F)CCCN1. The predicted molar refractivity (Wildman–Crippen MR) is 35.2 cm³/mol. The summed E-state index contributed by atoms with van der Waals surface area (Å²) in [5.41, 5.74) is 3.10. The second kappa shape index (κ2) is 2.73. The van der Waals surface area contributed by atoms with Crippen molar-refractivity contribution in [3.63, 3.8) is 0 Å². The molecule has 0 unspecified atom stereocenters. The number of nitrogens with two attached hydrogens (primary N) is 1. The van der Waals surface area contributed by atoms with Gasteiger partial charge in [-0.05, 0) is 19.4 Å². The van der Waals surface area contributed by atoms with Crippen molar-refractivity contribution < 1.29 is 13.6 Å². The minimum Gasteiger partial charge on any atom is -0.368 e. The van der Waals surface area contributed by atoms with Gasteiger partial charge in [0, 0.05) is 0 Å². The molecule has 0 saturated carbocycles. The number of carbonyl (C=O) groups excluding carboxylic acids is 1. The first-order chi connectivity index (χ1) is 5.09. The molecule has 64 valence electrons. The Kier molecular flexibility index (Phi) is 2.08. The number of alkyl halides is 2. The van der Waals surface area contributed by atoms with Crippen LogP contribution in [-0.4, -0.2) is 24.4 Å². The number of halogens is 2. The molecule has 1 saturated heterocycles. The van der Waals surface area contributed by atoms with Crippen molar-refractivity contribution in [1.29, 1.82) is 0 Å². The largest absolute Gasteiger partial charge is 0.368 e. The van der Waals surface area contributed by atoms with Crippen LogP contribution in [0, 0.1) is 0 Å². The zero-order valence-corrected chi connectivity index (χ0v) is 5.94. The molecule has 0 radical (unpaired) electrons. The number of amides is 1. The third-order valence-electron chi connectivity index (χ3n) is 2.00. The Hall–Kier alpha value is -0.710. The van der Waals surface area contributed by atoms with Gasteiger partial charge in [-0.2, -0.15) is 0 Å². The maximum atomic E-state index is 12.3. The van der Waals surface area contributed by atoms with Crippen molar-refractivity contribution in [2.24, 2.45) is 5.73 Å². The fraction of sp³-hybridized carbons (Fsp3) is 0.833. The summed E-state index contributed by atoms with van der Waals surface area (Å²) in [4.78, 5) is 10.6. The van der Waals surface area contributed by atoms with Crippen LogP contribution in [0.25, 0.3) is 0 Å². The van der Waals surface area contributed by atoms with Crippen LogP contribution in [0.1, 0.15) is 12.8 Å². The number of primary amides is 1. The van der Waals surface area contributed by atoms with Crippen LogP contribution in [0.3, 0.4) is 0 Å².